The van der Waals surface area contributed by atoms with Crippen molar-refractivity contribution in [2.24, 2.45) is 0 Å². The second-order valence-electron chi connectivity index (χ2n) is 5.96. The maximum absolute atomic E-state index is 11.9. The highest BCUT2D eigenvalue weighted by Crippen LogP contribution is 2.37. The first-order chi connectivity index (χ1) is 12.2. The molecule has 0 bridgehead atoms. The van der Waals surface area contributed by atoms with Crippen LogP contribution >= 0.6 is 0 Å². The summed E-state index contributed by atoms with van der Waals surface area (Å²) in [4.78, 5) is 35.6. The number of aliphatic carboxylic acids is 2. The number of ether oxygens (including phenoxy) is 1. The molecule has 0 saturated carbocycles. The summed E-state index contributed by atoms with van der Waals surface area (Å²) in [7, 11) is 0. The van der Waals surface area contributed by atoms with Crippen LogP contribution in [-0.4, -0.2) is 39.1 Å². The van der Waals surface area contributed by atoms with Crippen molar-refractivity contribution in [3.8, 4) is 5.75 Å². The van der Waals surface area contributed by atoms with Gasteiger partial charge in [0.2, 0.25) is 5.60 Å². The summed E-state index contributed by atoms with van der Waals surface area (Å²) in [5.74, 6) is -3.93. The van der Waals surface area contributed by atoms with Crippen LogP contribution in [0.2, 0.25) is 0 Å². The number of rotatable bonds is 7. The number of aryl methyl sites for hydroxylation is 2. The Morgan fingerprint density at radius 3 is 1.73 bits per heavy atom. The lowest BCUT2D eigenvalue weighted by Crippen LogP contribution is -2.66. The van der Waals surface area contributed by atoms with Gasteiger partial charge in [-0.1, -0.05) is 47.5 Å². The van der Waals surface area contributed by atoms with E-state index in [2.05, 4.69) is 0 Å². The summed E-state index contributed by atoms with van der Waals surface area (Å²) in [6, 6.07) is 11.4. The number of hydrogen-bond acceptors (Lipinski definition) is 5. The molecule has 26 heavy (non-hydrogen) atoms. The Hall–Kier alpha value is -3.19. The average Bonchev–Trinajstić information content (AvgIpc) is 2.60. The molecule has 7 heteroatoms. The molecule has 0 heterocycles. The number of benzene rings is 2. The molecule has 2 aromatic carbocycles. The SMILES string of the molecule is Cc1ccc(O[C@@](C=O)(C(=O)O)[C@](O)(C(=O)O)c2ccc(C)cc2)cc1. The van der Waals surface area contributed by atoms with Crippen LogP contribution in [0.1, 0.15) is 16.7 Å². The summed E-state index contributed by atoms with van der Waals surface area (Å²) in [6.07, 6.45) is -0.205. The minimum atomic E-state index is -3.15. The Kier molecular flexibility index (Phi) is 5.13. The van der Waals surface area contributed by atoms with Gasteiger partial charge in [-0.3, -0.25) is 4.79 Å². The average molecular weight is 358 g/mol. The van der Waals surface area contributed by atoms with E-state index in [1.54, 1.807) is 26.0 Å². The van der Waals surface area contributed by atoms with Gasteiger partial charge in [0.05, 0.1) is 0 Å². The van der Waals surface area contributed by atoms with Crippen LogP contribution in [0.15, 0.2) is 48.5 Å². The Morgan fingerprint density at radius 2 is 1.35 bits per heavy atom. The van der Waals surface area contributed by atoms with E-state index in [4.69, 9.17) is 4.74 Å². The molecule has 0 aliphatic rings. The van der Waals surface area contributed by atoms with Crippen LogP contribution in [0.25, 0.3) is 0 Å². The first-order valence-corrected chi connectivity index (χ1v) is 7.65. The third-order valence-electron chi connectivity index (χ3n) is 4.10. The maximum Gasteiger partial charge on any atom is 0.359 e. The molecule has 0 spiro atoms. The fourth-order valence-electron chi connectivity index (χ4n) is 2.52. The van der Waals surface area contributed by atoms with Gasteiger partial charge in [-0.25, -0.2) is 9.59 Å². The Labute approximate surface area is 149 Å². The van der Waals surface area contributed by atoms with Crippen molar-refractivity contribution in [2.45, 2.75) is 25.0 Å². The highest BCUT2D eigenvalue weighted by molar-refractivity contribution is 6.04. The minimum absolute atomic E-state index is 0.0723. The van der Waals surface area contributed by atoms with E-state index in [0.29, 0.717) is 0 Å². The van der Waals surface area contributed by atoms with Gasteiger partial charge in [-0.2, -0.15) is 0 Å². The fraction of sp³-hybridized carbons (Fsp3) is 0.211. The van der Waals surface area contributed by atoms with E-state index in [0.717, 1.165) is 11.1 Å². The number of carboxylic acid groups (broad SMARTS) is 2. The van der Waals surface area contributed by atoms with Gasteiger partial charge in [0.15, 0.2) is 6.29 Å². The second kappa shape index (κ2) is 6.97. The summed E-state index contributed by atoms with van der Waals surface area (Å²) in [5.41, 5.74) is -4.94. The van der Waals surface area contributed by atoms with Crippen LogP contribution < -0.4 is 4.74 Å². The lowest BCUT2D eigenvalue weighted by molar-refractivity contribution is -0.200. The van der Waals surface area contributed by atoms with E-state index in [1.807, 2.05) is 0 Å². The van der Waals surface area contributed by atoms with E-state index < -0.39 is 23.1 Å². The predicted octanol–water partition coefficient (Wildman–Crippen LogP) is 1.68. The van der Waals surface area contributed by atoms with Gasteiger partial charge in [-0.05, 0) is 26.0 Å². The van der Waals surface area contributed by atoms with Crippen LogP contribution in [0.4, 0.5) is 0 Å². The van der Waals surface area contributed by atoms with Crippen molar-refractivity contribution in [2.75, 3.05) is 0 Å². The van der Waals surface area contributed by atoms with Crippen molar-refractivity contribution >= 4 is 18.2 Å². The normalized spacial score (nSPS) is 15.3. The molecular weight excluding hydrogens is 340 g/mol. The first kappa shape index (κ1) is 19.1. The molecule has 0 aromatic heterocycles. The van der Waals surface area contributed by atoms with Crippen molar-refractivity contribution in [1.29, 1.82) is 0 Å². The second-order valence-corrected chi connectivity index (χ2v) is 5.96. The summed E-state index contributed by atoms with van der Waals surface area (Å²) in [5, 5.41) is 30.2. The molecule has 2 rings (SSSR count). The zero-order chi connectivity index (χ0) is 19.5. The molecule has 0 aliphatic carbocycles. The standard InChI is InChI=1S/C19H18O7/c1-12-3-7-14(8-4-12)19(25,17(23)24)18(11-20,16(21)22)26-15-9-5-13(2)6-10-15/h3-11,25H,1-2H3,(H,21,22)(H,23,24)/t18-,19+/m0/s1. The molecule has 2 atom stereocenters. The number of hydrogen-bond donors (Lipinski definition) is 3. The van der Waals surface area contributed by atoms with Crippen molar-refractivity contribution in [1.82, 2.24) is 0 Å². The summed E-state index contributed by atoms with van der Waals surface area (Å²) >= 11 is 0. The van der Waals surface area contributed by atoms with Crippen molar-refractivity contribution in [3.05, 3.63) is 65.2 Å². The number of carbonyl (C=O) groups excluding carboxylic acids is 1. The van der Waals surface area contributed by atoms with Crippen molar-refractivity contribution < 1.29 is 34.4 Å². The molecular formula is C19H18O7. The molecule has 0 amide bonds. The highest BCUT2D eigenvalue weighted by atomic mass is 16.6. The Balaban J connectivity index is 2.69. The van der Waals surface area contributed by atoms with Gasteiger partial charge in [-0.15, -0.1) is 0 Å². The molecule has 0 unspecified atom stereocenters. The zero-order valence-electron chi connectivity index (χ0n) is 14.2. The van der Waals surface area contributed by atoms with Gasteiger partial charge < -0.3 is 20.1 Å². The summed E-state index contributed by atoms with van der Waals surface area (Å²) in [6.45, 7) is 3.52. The highest BCUT2D eigenvalue weighted by Gasteiger charge is 2.65. The van der Waals surface area contributed by atoms with E-state index in [9.17, 15) is 29.7 Å². The first-order valence-electron chi connectivity index (χ1n) is 7.65. The molecule has 7 nitrogen and oxygen atoms in total. The quantitative estimate of drug-likeness (QED) is 0.508. The number of aliphatic hydroxyl groups is 1. The number of carboxylic acids is 2. The Morgan fingerprint density at radius 1 is 0.885 bits per heavy atom. The topological polar surface area (TPSA) is 121 Å². The van der Waals surface area contributed by atoms with E-state index >= 15 is 0 Å². The monoisotopic (exact) mass is 358 g/mol. The third kappa shape index (κ3) is 3.04. The van der Waals surface area contributed by atoms with E-state index in [1.165, 1.54) is 36.4 Å². The zero-order valence-corrected chi connectivity index (χ0v) is 14.2. The number of aldehydes is 1. The third-order valence-corrected chi connectivity index (χ3v) is 4.10. The molecule has 0 radical (unpaired) electrons. The van der Waals surface area contributed by atoms with Crippen LogP contribution in [0, 0.1) is 13.8 Å². The smallest absolute Gasteiger partial charge is 0.359 e. The maximum atomic E-state index is 11.9. The predicted molar refractivity (Wildman–Crippen MR) is 90.9 cm³/mol. The number of carbonyl (C=O) groups is 3. The lowest BCUT2D eigenvalue weighted by Gasteiger charge is -2.37. The van der Waals surface area contributed by atoms with Gasteiger partial charge in [0.25, 0.3) is 0 Å². The van der Waals surface area contributed by atoms with Crippen molar-refractivity contribution in [3.63, 3.8) is 0 Å². The van der Waals surface area contributed by atoms with Gasteiger partial charge >= 0.3 is 17.5 Å². The largest absolute Gasteiger partial charge is 0.479 e. The molecule has 3 N–H and O–H groups in total. The molecule has 0 aliphatic heterocycles. The van der Waals surface area contributed by atoms with Gasteiger partial charge in [0, 0.05) is 5.56 Å². The van der Waals surface area contributed by atoms with Crippen LogP contribution in [0.3, 0.4) is 0 Å². The molecule has 136 valence electrons. The van der Waals surface area contributed by atoms with Gasteiger partial charge in [0.1, 0.15) is 5.75 Å². The molecule has 0 fully saturated rings. The van der Waals surface area contributed by atoms with Crippen LogP contribution in [0.5, 0.6) is 5.75 Å². The molecule has 0 saturated heterocycles. The molecule has 2 aromatic rings. The Bertz CT molecular complexity index is 826. The van der Waals surface area contributed by atoms with Crippen LogP contribution in [-0.2, 0) is 20.0 Å². The fourth-order valence-corrected chi connectivity index (χ4v) is 2.52. The minimum Gasteiger partial charge on any atom is -0.479 e. The van der Waals surface area contributed by atoms with E-state index in [-0.39, 0.29) is 17.6 Å². The lowest BCUT2D eigenvalue weighted by atomic mass is 9.77. The summed E-state index contributed by atoms with van der Waals surface area (Å²) < 4.78 is 5.28.